The Hall–Kier alpha value is -0.0600. The van der Waals surface area contributed by atoms with Crippen LogP contribution in [0.15, 0.2) is 21.1 Å². The summed E-state index contributed by atoms with van der Waals surface area (Å²) in [5, 5.41) is 0. The summed E-state index contributed by atoms with van der Waals surface area (Å²) >= 11 is 7.24. The first-order chi connectivity index (χ1) is 9.50. The summed E-state index contributed by atoms with van der Waals surface area (Å²) in [4.78, 5) is 2.30. The first kappa shape index (κ1) is 14.9. The number of hydrogen-bond donors (Lipinski definition) is 0. The highest BCUT2D eigenvalue weighted by Gasteiger charge is 2.47. The van der Waals surface area contributed by atoms with E-state index in [9.17, 15) is 0 Å². The van der Waals surface area contributed by atoms with Crippen molar-refractivity contribution in [2.45, 2.75) is 37.7 Å². The molecule has 20 heavy (non-hydrogen) atoms. The molecule has 1 aromatic rings. The zero-order chi connectivity index (χ0) is 14.3. The molecule has 110 valence electrons. The quantitative estimate of drug-likeness (QED) is 0.714. The van der Waals surface area contributed by atoms with Gasteiger partial charge in [0.2, 0.25) is 0 Å². The van der Waals surface area contributed by atoms with Gasteiger partial charge in [-0.1, -0.05) is 22.4 Å². The van der Waals surface area contributed by atoms with E-state index >= 15 is 0 Å². The minimum Gasteiger partial charge on any atom is -0.485 e. The molecule has 2 unspecified atom stereocenters. The van der Waals surface area contributed by atoms with Crippen molar-refractivity contribution >= 4 is 31.9 Å². The minimum absolute atomic E-state index is 0.0220. The number of nitrogens with zero attached hydrogens (tertiary/aromatic N) is 1. The molecular weight excluding hydrogens is 382 g/mol. The standard InChI is InChI=1S/C16H21Br2NO/c1-19(2)10-12-5-3-4-6-16(12)9-11-7-13(17)8-14(18)15(11)20-16/h7-8,12H,3-6,9-10H2,1-2H3. The van der Waals surface area contributed by atoms with Crippen molar-refractivity contribution in [2.75, 3.05) is 20.6 Å². The maximum Gasteiger partial charge on any atom is 0.137 e. The van der Waals surface area contributed by atoms with Gasteiger partial charge in [0.1, 0.15) is 11.4 Å². The van der Waals surface area contributed by atoms with Crippen LogP contribution in [0.3, 0.4) is 0 Å². The van der Waals surface area contributed by atoms with Crippen LogP contribution in [-0.4, -0.2) is 31.1 Å². The normalized spacial score (nSPS) is 28.8. The Bertz CT molecular complexity index is 517. The monoisotopic (exact) mass is 401 g/mol. The van der Waals surface area contributed by atoms with Crippen LogP contribution >= 0.6 is 31.9 Å². The molecule has 1 aliphatic carbocycles. The number of rotatable bonds is 2. The van der Waals surface area contributed by atoms with E-state index in [0.29, 0.717) is 5.92 Å². The molecular formula is C16H21Br2NO. The highest BCUT2D eigenvalue weighted by atomic mass is 79.9. The largest absolute Gasteiger partial charge is 0.485 e. The van der Waals surface area contributed by atoms with E-state index < -0.39 is 0 Å². The molecule has 0 bridgehead atoms. The summed E-state index contributed by atoms with van der Waals surface area (Å²) in [5.74, 6) is 1.70. The van der Waals surface area contributed by atoms with Crippen LogP contribution in [-0.2, 0) is 6.42 Å². The van der Waals surface area contributed by atoms with Crippen molar-refractivity contribution in [3.05, 3.63) is 26.6 Å². The lowest BCUT2D eigenvalue weighted by Gasteiger charge is -2.42. The zero-order valence-corrected chi connectivity index (χ0v) is 15.3. The predicted molar refractivity (Wildman–Crippen MR) is 89.4 cm³/mol. The third-order valence-electron chi connectivity index (χ3n) is 4.61. The Morgan fingerprint density at radius 3 is 2.85 bits per heavy atom. The molecule has 1 heterocycles. The maximum atomic E-state index is 6.54. The van der Waals surface area contributed by atoms with Gasteiger partial charge in [0.05, 0.1) is 4.47 Å². The average Bonchev–Trinajstić information content (AvgIpc) is 2.71. The third kappa shape index (κ3) is 2.67. The molecule has 1 saturated carbocycles. The molecule has 3 rings (SSSR count). The van der Waals surface area contributed by atoms with Crippen molar-refractivity contribution in [2.24, 2.45) is 5.92 Å². The molecule has 0 aromatic heterocycles. The van der Waals surface area contributed by atoms with Crippen molar-refractivity contribution in [1.82, 2.24) is 4.90 Å². The van der Waals surface area contributed by atoms with Gasteiger partial charge >= 0.3 is 0 Å². The maximum absolute atomic E-state index is 6.54. The third-order valence-corrected chi connectivity index (χ3v) is 5.66. The molecule has 2 atom stereocenters. The van der Waals surface area contributed by atoms with E-state index in [1.54, 1.807) is 0 Å². The smallest absolute Gasteiger partial charge is 0.137 e. The average molecular weight is 403 g/mol. The lowest BCUT2D eigenvalue weighted by atomic mass is 9.73. The van der Waals surface area contributed by atoms with Crippen molar-refractivity contribution in [3.8, 4) is 5.75 Å². The number of halogens is 2. The fraction of sp³-hybridized carbons (Fsp3) is 0.625. The molecule has 0 N–H and O–H groups in total. The summed E-state index contributed by atoms with van der Waals surface area (Å²) in [7, 11) is 4.33. The lowest BCUT2D eigenvalue weighted by molar-refractivity contribution is -0.0154. The van der Waals surface area contributed by atoms with E-state index in [0.717, 1.165) is 27.7 Å². The van der Waals surface area contributed by atoms with Crippen LogP contribution in [0.4, 0.5) is 0 Å². The Kier molecular flexibility index (Phi) is 4.17. The van der Waals surface area contributed by atoms with Crippen LogP contribution in [0.1, 0.15) is 31.2 Å². The molecule has 4 heteroatoms. The lowest BCUT2D eigenvalue weighted by Crippen LogP contribution is -2.48. The van der Waals surface area contributed by atoms with Crippen molar-refractivity contribution in [3.63, 3.8) is 0 Å². The second-order valence-electron chi connectivity index (χ2n) is 6.42. The Labute approximate surface area is 138 Å². The van der Waals surface area contributed by atoms with Gasteiger partial charge in [0.15, 0.2) is 0 Å². The van der Waals surface area contributed by atoms with Crippen molar-refractivity contribution < 1.29 is 4.74 Å². The van der Waals surface area contributed by atoms with Gasteiger partial charge in [-0.3, -0.25) is 0 Å². The fourth-order valence-electron chi connectivity index (χ4n) is 3.77. The summed E-state index contributed by atoms with van der Waals surface area (Å²) in [6, 6.07) is 4.30. The number of benzene rings is 1. The van der Waals surface area contributed by atoms with E-state index in [4.69, 9.17) is 4.74 Å². The number of hydrogen-bond acceptors (Lipinski definition) is 2. The summed E-state index contributed by atoms with van der Waals surface area (Å²) in [6.45, 7) is 1.12. The highest BCUT2D eigenvalue weighted by Crippen LogP contribution is 2.49. The van der Waals surface area contributed by atoms with Gasteiger partial charge in [-0.25, -0.2) is 0 Å². The second-order valence-corrected chi connectivity index (χ2v) is 8.19. The first-order valence-electron chi connectivity index (χ1n) is 7.32. The molecule has 0 amide bonds. The van der Waals surface area contributed by atoms with Crippen LogP contribution in [0.2, 0.25) is 0 Å². The topological polar surface area (TPSA) is 12.5 Å². The van der Waals surface area contributed by atoms with E-state index in [-0.39, 0.29) is 5.60 Å². The number of ether oxygens (including phenoxy) is 1. The molecule has 0 radical (unpaired) electrons. The van der Waals surface area contributed by atoms with Gasteiger partial charge in [-0.2, -0.15) is 0 Å². The molecule has 1 fully saturated rings. The Balaban J connectivity index is 1.92. The Morgan fingerprint density at radius 1 is 1.30 bits per heavy atom. The van der Waals surface area contributed by atoms with Crippen LogP contribution in [0.25, 0.3) is 0 Å². The molecule has 2 aliphatic rings. The van der Waals surface area contributed by atoms with Crippen molar-refractivity contribution in [1.29, 1.82) is 0 Å². The van der Waals surface area contributed by atoms with Gasteiger partial charge in [-0.05, 0) is 61.4 Å². The highest BCUT2D eigenvalue weighted by molar-refractivity contribution is 9.11. The Morgan fingerprint density at radius 2 is 2.10 bits per heavy atom. The molecule has 2 nitrogen and oxygen atoms in total. The molecule has 1 spiro atoms. The summed E-state index contributed by atoms with van der Waals surface area (Å²) < 4.78 is 8.75. The van der Waals surface area contributed by atoms with E-state index in [1.165, 1.54) is 31.2 Å². The minimum atomic E-state index is 0.0220. The predicted octanol–water partition coefficient (Wildman–Crippen LogP) is 4.64. The second kappa shape index (κ2) is 5.62. The SMILES string of the molecule is CN(C)CC1CCCCC12Cc1cc(Br)cc(Br)c1O2. The van der Waals surface area contributed by atoms with E-state index in [1.807, 2.05) is 0 Å². The van der Waals surface area contributed by atoms with Crippen LogP contribution in [0.5, 0.6) is 5.75 Å². The van der Waals surface area contributed by atoms with E-state index in [2.05, 4.69) is 63.0 Å². The zero-order valence-electron chi connectivity index (χ0n) is 12.1. The van der Waals surface area contributed by atoms with Gasteiger partial charge in [0.25, 0.3) is 0 Å². The molecule has 0 saturated heterocycles. The molecule has 1 aromatic carbocycles. The summed E-state index contributed by atoms with van der Waals surface area (Å²) in [6.07, 6.45) is 6.15. The first-order valence-corrected chi connectivity index (χ1v) is 8.90. The fourth-order valence-corrected chi connectivity index (χ4v) is 5.16. The van der Waals surface area contributed by atoms with Gasteiger partial charge in [-0.15, -0.1) is 0 Å². The number of fused-ring (bicyclic) bond motifs is 1. The van der Waals surface area contributed by atoms with Crippen LogP contribution in [0, 0.1) is 5.92 Å². The summed E-state index contributed by atoms with van der Waals surface area (Å²) in [5.41, 5.74) is 1.37. The van der Waals surface area contributed by atoms with Gasteiger partial charge in [0, 0.05) is 28.9 Å². The molecule has 1 aliphatic heterocycles. The van der Waals surface area contributed by atoms with Gasteiger partial charge < -0.3 is 9.64 Å². The van der Waals surface area contributed by atoms with Crippen LogP contribution < -0.4 is 4.74 Å².